The predicted octanol–water partition coefficient (Wildman–Crippen LogP) is 1.66. The van der Waals surface area contributed by atoms with E-state index < -0.39 is 0 Å². The van der Waals surface area contributed by atoms with Gasteiger partial charge in [0.1, 0.15) is 4.88 Å². The van der Waals surface area contributed by atoms with Crippen LogP contribution in [0.25, 0.3) is 0 Å². The fourth-order valence-corrected chi connectivity index (χ4v) is 2.82. The zero-order valence-corrected chi connectivity index (χ0v) is 12.0. The number of aliphatic hydroxyl groups is 1. The minimum atomic E-state index is -0.0792. The van der Waals surface area contributed by atoms with Gasteiger partial charge in [-0.15, -0.1) is 0 Å². The first-order valence-corrected chi connectivity index (χ1v) is 7.01. The Morgan fingerprint density at radius 1 is 1.50 bits per heavy atom. The second-order valence-corrected chi connectivity index (χ2v) is 5.19. The van der Waals surface area contributed by atoms with Gasteiger partial charge in [0.25, 0.3) is 5.91 Å². The van der Waals surface area contributed by atoms with Gasteiger partial charge in [-0.25, -0.2) is 4.98 Å². The molecule has 1 aromatic heterocycles. The summed E-state index contributed by atoms with van der Waals surface area (Å²) < 4.78 is 0. The maximum atomic E-state index is 12.5. The van der Waals surface area contributed by atoms with Crippen molar-refractivity contribution in [3.63, 3.8) is 0 Å². The zero-order chi connectivity index (χ0) is 13.7. The number of amides is 1. The Hall–Kier alpha value is -1.14. The van der Waals surface area contributed by atoms with E-state index in [0.29, 0.717) is 22.2 Å². The number of hydrogen-bond donors (Lipinski definition) is 2. The number of anilines is 1. The second-order valence-electron chi connectivity index (χ2n) is 4.16. The number of hydrogen-bond acceptors (Lipinski definition) is 5. The molecular formula is C12H21N3O2S. The van der Waals surface area contributed by atoms with E-state index in [4.69, 9.17) is 10.8 Å². The summed E-state index contributed by atoms with van der Waals surface area (Å²) in [5, 5.41) is 9.52. The molecule has 1 heterocycles. The van der Waals surface area contributed by atoms with E-state index in [2.05, 4.69) is 4.98 Å². The van der Waals surface area contributed by atoms with Crippen LogP contribution < -0.4 is 5.73 Å². The standard InChI is InChI=1S/C12H21N3O2S/c1-4-9(5-2)15(6-7-16)11(17)10-8(3)14-12(13)18-10/h9,16H,4-7H2,1-3H3,(H2,13,14). The lowest BCUT2D eigenvalue weighted by Gasteiger charge is -2.29. The van der Waals surface area contributed by atoms with Crippen LogP contribution in [0, 0.1) is 6.92 Å². The quantitative estimate of drug-likeness (QED) is 0.824. The number of rotatable bonds is 6. The van der Waals surface area contributed by atoms with Gasteiger partial charge in [0, 0.05) is 12.6 Å². The first-order chi connectivity index (χ1) is 8.54. The molecule has 5 nitrogen and oxygen atoms in total. The Kier molecular flexibility index (Phi) is 5.55. The number of nitrogens with zero attached hydrogens (tertiary/aromatic N) is 2. The van der Waals surface area contributed by atoms with Crippen molar-refractivity contribution in [1.29, 1.82) is 0 Å². The molecule has 1 rings (SSSR count). The lowest BCUT2D eigenvalue weighted by molar-refractivity contribution is 0.0626. The highest BCUT2D eigenvalue weighted by Crippen LogP contribution is 2.23. The average Bonchev–Trinajstić information content (AvgIpc) is 2.68. The fourth-order valence-electron chi connectivity index (χ4n) is 2.03. The SMILES string of the molecule is CCC(CC)N(CCO)C(=O)c1sc(N)nc1C. The Labute approximate surface area is 112 Å². The Morgan fingerprint density at radius 2 is 2.11 bits per heavy atom. The molecule has 0 radical (unpaired) electrons. The molecule has 18 heavy (non-hydrogen) atoms. The Bertz CT molecular complexity index is 402. The molecule has 0 bridgehead atoms. The van der Waals surface area contributed by atoms with Crippen molar-refractivity contribution in [3.8, 4) is 0 Å². The van der Waals surface area contributed by atoms with Crippen LogP contribution in [0.3, 0.4) is 0 Å². The molecule has 0 saturated heterocycles. The van der Waals surface area contributed by atoms with E-state index in [1.54, 1.807) is 11.8 Å². The van der Waals surface area contributed by atoms with E-state index in [1.165, 1.54) is 11.3 Å². The maximum Gasteiger partial charge on any atom is 0.266 e. The molecule has 0 spiro atoms. The highest BCUT2D eigenvalue weighted by molar-refractivity contribution is 7.17. The van der Waals surface area contributed by atoms with Crippen LogP contribution in [0.15, 0.2) is 0 Å². The van der Waals surface area contributed by atoms with Crippen molar-refractivity contribution < 1.29 is 9.90 Å². The summed E-state index contributed by atoms with van der Waals surface area (Å²) >= 11 is 1.21. The number of aryl methyl sites for hydroxylation is 1. The number of aromatic nitrogens is 1. The zero-order valence-electron chi connectivity index (χ0n) is 11.1. The molecular weight excluding hydrogens is 250 g/mol. The Morgan fingerprint density at radius 3 is 2.50 bits per heavy atom. The van der Waals surface area contributed by atoms with Crippen LogP contribution in [-0.4, -0.2) is 40.1 Å². The Balaban J connectivity index is 2.98. The summed E-state index contributed by atoms with van der Waals surface area (Å²) in [4.78, 5) is 18.8. The molecule has 0 saturated carbocycles. The monoisotopic (exact) mass is 271 g/mol. The fraction of sp³-hybridized carbons (Fsp3) is 0.667. The summed E-state index contributed by atoms with van der Waals surface area (Å²) in [6, 6.07) is 0.146. The molecule has 1 aromatic rings. The molecule has 0 aromatic carbocycles. The van der Waals surface area contributed by atoms with Crippen molar-refractivity contribution >= 4 is 22.4 Å². The third kappa shape index (κ3) is 3.20. The highest BCUT2D eigenvalue weighted by atomic mass is 32.1. The van der Waals surface area contributed by atoms with Crippen molar-refractivity contribution in [1.82, 2.24) is 9.88 Å². The number of nitrogen functional groups attached to an aromatic ring is 1. The molecule has 0 aliphatic rings. The molecule has 102 valence electrons. The number of aliphatic hydroxyl groups excluding tert-OH is 1. The molecule has 0 aliphatic heterocycles. The first-order valence-electron chi connectivity index (χ1n) is 6.19. The predicted molar refractivity (Wildman–Crippen MR) is 73.8 cm³/mol. The largest absolute Gasteiger partial charge is 0.395 e. The third-order valence-corrected chi connectivity index (χ3v) is 3.97. The minimum Gasteiger partial charge on any atom is -0.395 e. The highest BCUT2D eigenvalue weighted by Gasteiger charge is 2.25. The topological polar surface area (TPSA) is 79.5 Å². The molecule has 0 atom stereocenters. The van der Waals surface area contributed by atoms with Crippen molar-refractivity contribution in [2.45, 2.75) is 39.7 Å². The molecule has 6 heteroatoms. The van der Waals surface area contributed by atoms with Crippen LogP contribution >= 0.6 is 11.3 Å². The van der Waals surface area contributed by atoms with E-state index in [0.717, 1.165) is 12.8 Å². The van der Waals surface area contributed by atoms with E-state index in [-0.39, 0.29) is 18.6 Å². The molecule has 0 fully saturated rings. The van der Waals surface area contributed by atoms with Gasteiger partial charge in [0.05, 0.1) is 12.3 Å². The van der Waals surface area contributed by atoms with Gasteiger partial charge in [-0.3, -0.25) is 4.79 Å². The minimum absolute atomic E-state index is 0.0322. The number of thiazole rings is 1. The summed E-state index contributed by atoms with van der Waals surface area (Å²) in [5.41, 5.74) is 6.28. The van der Waals surface area contributed by atoms with Crippen LogP contribution in [0.2, 0.25) is 0 Å². The molecule has 3 N–H and O–H groups in total. The smallest absolute Gasteiger partial charge is 0.266 e. The van der Waals surface area contributed by atoms with Gasteiger partial charge in [-0.1, -0.05) is 25.2 Å². The van der Waals surface area contributed by atoms with Crippen LogP contribution in [-0.2, 0) is 0 Å². The summed E-state index contributed by atoms with van der Waals surface area (Å²) in [7, 11) is 0. The van der Waals surface area contributed by atoms with Crippen LogP contribution in [0.4, 0.5) is 5.13 Å². The number of nitrogens with two attached hydrogens (primary N) is 1. The number of carbonyl (C=O) groups excluding carboxylic acids is 1. The molecule has 0 unspecified atom stereocenters. The third-order valence-electron chi connectivity index (χ3n) is 2.99. The van der Waals surface area contributed by atoms with Crippen molar-refractivity contribution in [2.24, 2.45) is 0 Å². The van der Waals surface area contributed by atoms with Crippen LogP contribution in [0.1, 0.15) is 42.1 Å². The van der Waals surface area contributed by atoms with Gasteiger partial charge in [-0.05, 0) is 19.8 Å². The first kappa shape index (κ1) is 14.9. The van der Waals surface area contributed by atoms with Crippen molar-refractivity contribution in [2.75, 3.05) is 18.9 Å². The van der Waals surface area contributed by atoms with E-state index in [1.807, 2.05) is 13.8 Å². The maximum absolute atomic E-state index is 12.5. The average molecular weight is 271 g/mol. The molecule has 0 aliphatic carbocycles. The summed E-state index contributed by atoms with van der Waals surface area (Å²) in [5.74, 6) is -0.0792. The summed E-state index contributed by atoms with van der Waals surface area (Å²) in [6.45, 7) is 6.18. The van der Waals surface area contributed by atoms with Crippen LogP contribution in [0.5, 0.6) is 0 Å². The van der Waals surface area contributed by atoms with E-state index >= 15 is 0 Å². The normalized spacial score (nSPS) is 10.9. The molecule has 1 amide bonds. The number of carbonyl (C=O) groups is 1. The van der Waals surface area contributed by atoms with Gasteiger partial charge < -0.3 is 15.7 Å². The van der Waals surface area contributed by atoms with Gasteiger partial charge in [0.15, 0.2) is 5.13 Å². The lowest BCUT2D eigenvalue weighted by atomic mass is 10.1. The van der Waals surface area contributed by atoms with Gasteiger partial charge >= 0.3 is 0 Å². The lowest BCUT2D eigenvalue weighted by Crippen LogP contribution is -2.41. The van der Waals surface area contributed by atoms with Crippen molar-refractivity contribution in [3.05, 3.63) is 10.6 Å². The second kappa shape index (κ2) is 6.70. The van der Waals surface area contributed by atoms with Gasteiger partial charge in [0.2, 0.25) is 0 Å². The van der Waals surface area contributed by atoms with E-state index in [9.17, 15) is 4.79 Å². The van der Waals surface area contributed by atoms with Gasteiger partial charge in [-0.2, -0.15) is 0 Å². The summed E-state index contributed by atoms with van der Waals surface area (Å²) in [6.07, 6.45) is 1.74.